The minimum atomic E-state index is 0.00413. The molecule has 102 valence electrons. The Morgan fingerprint density at radius 2 is 1.67 bits per heavy atom. The van der Waals surface area contributed by atoms with E-state index < -0.39 is 0 Å². The van der Waals surface area contributed by atoms with E-state index in [9.17, 15) is 4.79 Å². The number of rotatable bonds is 3. The third kappa shape index (κ3) is 3.29. The molecule has 3 aromatic rings. The monoisotopic (exact) mass is 336 g/mol. The second-order valence-corrected chi connectivity index (χ2v) is 5.73. The largest absolute Gasteiger partial charge is 0.289 e. The number of hydrogen-bond acceptors (Lipinski definition) is 1. The van der Waals surface area contributed by atoms with Crippen LogP contribution in [-0.2, 0) is 0 Å². The summed E-state index contributed by atoms with van der Waals surface area (Å²) in [4.78, 5) is 12.1. The number of fused-ring (bicyclic) bond motifs is 1. The summed E-state index contributed by atoms with van der Waals surface area (Å²) < 4.78 is 0.910. The van der Waals surface area contributed by atoms with Crippen molar-refractivity contribution < 1.29 is 4.79 Å². The second-order valence-electron chi connectivity index (χ2n) is 4.81. The summed E-state index contributed by atoms with van der Waals surface area (Å²) in [6.07, 6.45) is 3.47. The summed E-state index contributed by atoms with van der Waals surface area (Å²) in [5, 5.41) is 2.38. The van der Waals surface area contributed by atoms with Crippen LogP contribution >= 0.6 is 15.9 Å². The first-order valence-electron chi connectivity index (χ1n) is 6.69. The van der Waals surface area contributed by atoms with Gasteiger partial charge in [-0.15, -0.1) is 0 Å². The number of halogens is 1. The van der Waals surface area contributed by atoms with Gasteiger partial charge in [-0.25, -0.2) is 0 Å². The lowest BCUT2D eigenvalue weighted by molar-refractivity contribution is 0.104. The van der Waals surface area contributed by atoms with Crippen molar-refractivity contribution in [2.24, 2.45) is 0 Å². The fourth-order valence-electron chi connectivity index (χ4n) is 2.22. The lowest BCUT2D eigenvalue weighted by Gasteiger charge is -1.99. The van der Waals surface area contributed by atoms with Gasteiger partial charge in [0.05, 0.1) is 0 Å². The zero-order chi connectivity index (χ0) is 14.7. The van der Waals surface area contributed by atoms with E-state index >= 15 is 0 Å². The molecule has 0 aliphatic heterocycles. The van der Waals surface area contributed by atoms with E-state index in [2.05, 4.69) is 40.2 Å². The van der Waals surface area contributed by atoms with E-state index in [0.29, 0.717) is 5.56 Å². The lowest BCUT2D eigenvalue weighted by atomic mass is 10.1. The molecular formula is C19H13BrO. The van der Waals surface area contributed by atoms with Crippen LogP contribution in [-0.4, -0.2) is 5.78 Å². The molecule has 0 unspecified atom stereocenters. The Bertz CT molecular complexity index is 834. The first-order valence-corrected chi connectivity index (χ1v) is 7.48. The highest BCUT2D eigenvalue weighted by Gasteiger charge is 2.01. The number of carbonyl (C=O) groups is 1. The van der Waals surface area contributed by atoms with Crippen LogP contribution in [0.4, 0.5) is 0 Å². The van der Waals surface area contributed by atoms with Crippen molar-refractivity contribution >= 4 is 38.6 Å². The maximum absolute atomic E-state index is 12.1. The molecule has 3 rings (SSSR count). The lowest BCUT2D eigenvalue weighted by Crippen LogP contribution is -1.93. The van der Waals surface area contributed by atoms with Crippen LogP contribution in [0.3, 0.4) is 0 Å². The Morgan fingerprint density at radius 3 is 2.48 bits per heavy atom. The summed E-state index contributed by atoms with van der Waals surface area (Å²) in [7, 11) is 0. The third-order valence-corrected chi connectivity index (χ3v) is 3.80. The standard InChI is InChI=1S/C19H13BrO/c20-18-7-3-6-17(13-18)19(21)11-9-14-8-10-15-4-1-2-5-16(15)12-14/h1-13H/b11-9-. The molecule has 0 saturated heterocycles. The van der Waals surface area contributed by atoms with E-state index in [1.165, 1.54) is 10.8 Å². The molecule has 3 aromatic carbocycles. The SMILES string of the molecule is O=C(/C=C\c1ccc2ccccc2c1)c1cccc(Br)c1. The smallest absolute Gasteiger partial charge is 0.185 e. The molecule has 2 heteroatoms. The van der Waals surface area contributed by atoms with Crippen LogP contribution in [0.2, 0.25) is 0 Å². The van der Waals surface area contributed by atoms with Crippen LogP contribution in [0.15, 0.2) is 77.3 Å². The number of benzene rings is 3. The van der Waals surface area contributed by atoms with E-state index in [0.717, 1.165) is 10.0 Å². The van der Waals surface area contributed by atoms with Crippen LogP contribution < -0.4 is 0 Å². The van der Waals surface area contributed by atoms with Crippen molar-refractivity contribution in [3.05, 3.63) is 88.4 Å². The van der Waals surface area contributed by atoms with Gasteiger partial charge in [-0.05, 0) is 40.6 Å². The molecule has 0 saturated carbocycles. The van der Waals surface area contributed by atoms with Crippen LogP contribution in [0, 0.1) is 0 Å². The summed E-state index contributed by atoms with van der Waals surface area (Å²) >= 11 is 3.38. The molecule has 0 aromatic heterocycles. The zero-order valence-electron chi connectivity index (χ0n) is 11.3. The number of ketones is 1. The molecule has 0 spiro atoms. The van der Waals surface area contributed by atoms with Crippen molar-refractivity contribution in [2.75, 3.05) is 0 Å². The molecule has 1 nitrogen and oxygen atoms in total. The van der Waals surface area contributed by atoms with Gasteiger partial charge in [-0.2, -0.15) is 0 Å². The second kappa shape index (κ2) is 6.06. The maximum Gasteiger partial charge on any atom is 0.185 e. The first kappa shape index (κ1) is 13.8. The molecule has 0 N–H and O–H groups in total. The van der Waals surface area contributed by atoms with E-state index in [-0.39, 0.29) is 5.78 Å². The van der Waals surface area contributed by atoms with Gasteiger partial charge >= 0.3 is 0 Å². The van der Waals surface area contributed by atoms with Gasteiger partial charge in [-0.1, -0.05) is 70.5 Å². The van der Waals surface area contributed by atoms with Gasteiger partial charge in [0.2, 0.25) is 0 Å². The fraction of sp³-hybridized carbons (Fsp3) is 0. The molecule has 0 amide bonds. The minimum absolute atomic E-state index is 0.00413. The Kier molecular flexibility index (Phi) is 3.98. The quantitative estimate of drug-likeness (QED) is 0.456. The highest BCUT2D eigenvalue weighted by Crippen LogP contribution is 2.17. The molecule has 0 aliphatic rings. The van der Waals surface area contributed by atoms with E-state index in [4.69, 9.17) is 0 Å². The van der Waals surface area contributed by atoms with Crippen LogP contribution in [0.1, 0.15) is 15.9 Å². The number of allylic oxidation sites excluding steroid dienone is 1. The summed E-state index contributed by atoms with van der Waals surface area (Å²) in [6.45, 7) is 0. The van der Waals surface area contributed by atoms with Gasteiger partial charge in [0.1, 0.15) is 0 Å². The normalized spacial score (nSPS) is 11.1. The van der Waals surface area contributed by atoms with Crippen molar-refractivity contribution in [1.82, 2.24) is 0 Å². The van der Waals surface area contributed by atoms with Crippen molar-refractivity contribution in [3.63, 3.8) is 0 Å². The summed E-state index contributed by atoms with van der Waals surface area (Å²) in [6, 6.07) is 21.8. The number of carbonyl (C=O) groups excluding carboxylic acids is 1. The molecule has 0 atom stereocenters. The minimum Gasteiger partial charge on any atom is -0.289 e. The molecule has 0 radical (unpaired) electrons. The first-order chi connectivity index (χ1) is 10.2. The highest BCUT2D eigenvalue weighted by atomic mass is 79.9. The van der Waals surface area contributed by atoms with Gasteiger partial charge in [0, 0.05) is 10.0 Å². The van der Waals surface area contributed by atoms with Gasteiger partial charge in [0.25, 0.3) is 0 Å². The fourth-order valence-corrected chi connectivity index (χ4v) is 2.62. The Balaban J connectivity index is 1.85. The topological polar surface area (TPSA) is 17.1 Å². The van der Waals surface area contributed by atoms with Crippen LogP contribution in [0.25, 0.3) is 16.8 Å². The predicted octanol–water partition coefficient (Wildman–Crippen LogP) is 5.50. The Morgan fingerprint density at radius 1 is 0.857 bits per heavy atom. The van der Waals surface area contributed by atoms with Gasteiger partial charge < -0.3 is 0 Å². The molecule has 21 heavy (non-hydrogen) atoms. The van der Waals surface area contributed by atoms with Crippen molar-refractivity contribution in [2.45, 2.75) is 0 Å². The summed E-state index contributed by atoms with van der Waals surface area (Å²) in [5.41, 5.74) is 1.71. The van der Waals surface area contributed by atoms with Gasteiger partial charge in [0.15, 0.2) is 5.78 Å². The average Bonchev–Trinajstić information content (AvgIpc) is 2.52. The Hall–Kier alpha value is -2.19. The predicted molar refractivity (Wildman–Crippen MR) is 91.5 cm³/mol. The van der Waals surface area contributed by atoms with E-state index in [1.807, 2.05) is 48.5 Å². The maximum atomic E-state index is 12.1. The van der Waals surface area contributed by atoms with E-state index in [1.54, 1.807) is 6.08 Å². The molecule has 0 heterocycles. The van der Waals surface area contributed by atoms with Crippen LogP contribution in [0.5, 0.6) is 0 Å². The molecule has 0 fully saturated rings. The number of hydrogen-bond donors (Lipinski definition) is 0. The molecule has 0 aliphatic carbocycles. The zero-order valence-corrected chi connectivity index (χ0v) is 12.9. The van der Waals surface area contributed by atoms with Crippen molar-refractivity contribution in [3.8, 4) is 0 Å². The Labute approximate surface area is 132 Å². The summed E-state index contributed by atoms with van der Waals surface area (Å²) in [5.74, 6) is 0.00413. The highest BCUT2D eigenvalue weighted by molar-refractivity contribution is 9.10. The molecule has 0 bridgehead atoms. The third-order valence-electron chi connectivity index (χ3n) is 3.31. The average molecular weight is 337 g/mol. The van der Waals surface area contributed by atoms with Crippen molar-refractivity contribution in [1.29, 1.82) is 0 Å². The van der Waals surface area contributed by atoms with Gasteiger partial charge in [-0.3, -0.25) is 4.79 Å². The molecular weight excluding hydrogens is 324 g/mol.